The Kier molecular flexibility index (Phi) is 4.08. The van der Waals surface area contributed by atoms with Gasteiger partial charge >= 0.3 is 0 Å². The van der Waals surface area contributed by atoms with Gasteiger partial charge in [0.2, 0.25) is 5.43 Å². The summed E-state index contributed by atoms with van der Waals surface area (Å²) in [6.07, 6.45) is 1.05. The zero-order valence-corrected chi connectivity index (χ0v) is 11.3. The fourth-order valence-corrected chi connectivity index (χ4v) is 1.74. The first-order valence-electron chi connectivity index (χ1n) is 5.68. The van der Waals surface area contributed by atoms with Crippen LogP contribution in [0.15, 0.2) is 4.79 Å². The smallest absolute Gasteiger partial charge is 0.223 e. The molecule has 1 rings (SSSR count). The second-order valence-corrected chi connectivity index (χ2v) is 5.58. The Morgan fingerprint density at radius 1 is 1.19 bits per heavy atom. The van der Waals surface area contributed by atoms with E-state index >= 15 is 0 Å². The highest BCUT2D eigenvalue weighted by atomic mass is 32.1. The van der Waals surface area contributed by atoms with Crippen LogP contribution in [0.25, 0.3) is 0 Å². The highest BCUT2D eigenvalue weighted by molar-refractivity contribution is 7.71. The van der Waals surface area contributed by atoms with Gasteiger partial charge in [-0.25, -0.2) is 0 Å². The molecule has 0 aliphatic heterocycles. The first-order chi connectivity index (χ1) is 7.37. The third kappa shape index (κ3) is 3.04. The van der Waals surface area contributed by atoms with Crippen molar-refractivity contribution in [1.29, 1.82) is 0 Å². The van der Waals surface area contributed by atoms with Crippen molar-refractivity contribution in [3.8, 4) is 0 Å². The minimum Gasteiger partial charge on any atom is -0.382 e. The van der Waals surface area contributed by atoms with E-state index < -0.39 is 0 Å². The molecule has 0 bridgehead atoms. The number of anilines is 2. The molecule has 3 nitrogen and oxygen atoms in total. The van der Waals surface area contributed by atoms with Gasteiger partial charge < -0.3 is 10.6 Å². The Bertz CT molecular complexity index is 425. The Labute approximate surface area is 102 Å². The Balaban J connectivity index is 2.58. The van der Waals surface area contributed by atoms with E-state index in [9.17, 15) is 4.79 Å². The monoisotopic (exact) mass is 240 g/mol. The summed E-state index contributed by atoms with van der Waals surface area (Å²) < 4.78 is 0.435. The zero-order chi connectivity index (χ0) is 12.3. The maximum Gasteiger partial charge on any atom is 0.223 e. The van der Waals surface area contributed by atoms with Crippen molar-refractivity contribution >= 4 is 23.6 Å². The van der Waals surface area contributed by atoms with Crippen LogP contribution < -0.4 is 16.1 Å². The molecule has 90 valence electrons. The molecule has 0 radical (unpaired) electrons. The molecule has 0 amide bonds. The molecule has 0 heterocycles. The molecule has 0 saturated heterocycles. The van der Waals surface area contributed by atoms with Gasteiger partial charge in [-0.15, -0.1) is 0 Å². The number of hydrogen-bond acceptors (Lipinski definition) is 4. The lowest BCUT2D eigenvalue weighted by atomic mass is 9.92. The van der Waals surface area contributed by atoms with E-state index in [1.54, 1.807) is 0 Å². The first-order valence-corrected chi connectivity index (χ1v) is 6.08. The van der Waals surface area contributed by atoms with E-state index in [4.69, 9.17) is 12.2 Å². The lowest BCUT2D eigenvalue weighted by molar-refractivity contribution is 0.390. The molecule has 0 saturated carbocycles. The SMILES string of the molecule is CCNc1c(NCCC(C)(C)C)c(=S)c1=O. The van der Waals surface area contributed by atoms with Gasteiger partial charge in [-0.1, -0.05) is 33.0 Å². The maximum atomic E-state index is 11.4. The Morgan fingerprint density at radius 2 is 1.81 bits per heavy atom. The average Bonchev–Trinajstić information content (AvgIpc) is 2.20. The van der Waals surface area contributed by atoms with Gasteiger partial charge in [-0.05, 0) is 18.8 Å². The summed E-state index contributed by atoms with van der Waals surface area (Å²) in [5.74, 6) is 0. The van der Waals surface area contributed by atoms with Gasteiger partial charge in [-0.2, -0.15) is 0 Å². The zero-order valence-electron chi connectivity index (χ0n) is 10.4. The molecular weight excluding hydrogens is 220 g/mol. The van der Waals surface area contributed by atoms with Crippen LogP contribution in [0.5, 0.6) is 0 Å². The Hall–Kier alpha value is -0.900. The number of hydrogen-bond donors (Lipinski definition) is 2. The first kappa shape index (κ1) is 13.2. The van der Waals surface area contributed by atoms with Crippen LogP contribution >= 0.6 is 12.2 Å². The number of nitrogens with one attached hydrogen (secondary N) is 2. The Morgan fingerprint density at radius 3 is 2.31 bits per heavy atom. The van der Waals surface area contributed by atoms with Crippen molar-refractivity contribution in [2.45, 2.75) is 34.1 Å². The molecule has 0 aliphatic carbocycles. The van der Waals surface area contributed by atoms with Crippen LogP contribution in [0.3, 0.4) is 0 Å². The van der Waals surface area contributed by atoms with Crippen LogP contribution in [-0.4, -0.2) is 13.1 Å². The van der Waals surface area contributed by atoms with Crippen molar-refractivity contribution in [3.63, 3.8) is 0 Å². The van der Waals surface area contributed by atoms with Crippen molar-refractivity contribution in [1.82, 2.24) is 0 Å². The molecule has 0 fully saturated rings. The summed E-state index contributed by atoms with van der Waals surface area (Å²) in [5, 5.41) is 6.29. The molecule has 0 atom stereocenters. The summed E-state index contributed by atoms with van der Waals surface area (Å²) in [6.45, 7) is 10.1. The lowest BCUT2D eigenvalue weighted by Crippen LogP contribution is -2.23. The summed E-state index contributed by atoms with van der Waals surface area (Å²) in [5.41, 5.74) is 1.74. The van der Waals surface area contributed by atoms with Gasteiger partial charge in [0.25, 0.3) is 0 Å². The summed E-state index contributed by atoms with van der Waals surface area (Å²) in [6, 6.07) is 0. The molecule has 0 unspecified atom stereocenters. The average molecular weight is 240 g/mol. The predicted molar refractivity (Wildman–Crippen MR) is 72.6 cm³/mol. The quantitative estimate of drug-likeness (QED) is 0.776. The molecule has 0 spiro atoms. The van der Waals surface area contributed by atoms with Crippen LogP contribution in [0.1, 0.15) is 34.1 Å². The van der Waals surface area contributed by atoms with Gasteiger partial charge in [-0.3, -0.25) is 4.79 Å². The van der Waals surface area contributed by atoms with E-state index in [0.717, 1.165) is 25.2 Å². The summed E-state index contributed by atoms with van der Waals surface area (Å²) in [4.78, 5) is 11.4. The molecular formula is C12H20N2OS. The van der Waals surface area contributed by atoms with Gasteiger partial charge in [0, 0.05) is 13.1 Å². The molecule has 0 aliphatic rings. The van der Waals surface area contributed by atoms with Crippen molar-refractivity contribution < 1.29 is 0 Å². The topological polar surface area (TPSA) is 41.1 Å². The second-order valence-electron chi connectivity index (χ2n) is 5.18. The van der Waals surface area contributed by atoms with Crippen LogP contribution in [0.2, 0.25) is 0 Å². The lowest BCUT2D eigenvalue weighted by Gasteiger charge is -2.20. The van der Waals surface area contributed by atoms with Gasteiger partial charge in [0.1, 0.15) is 10.2 Å². The van der Waals surface area contributed by atoms with E-state index in [0.29, 0.717) is 15.6 Å². The molecule has 0 aromatic heterocycles. The minimum absolute atomic E-state index is 0.0323. The van der Waals surface area contributed by atoms with Crippen molar-refractivity contribution in [2.75, 3.05) is 23.7 Å². The summed E-state index contributed by atoms with van der Waals surface area (Å²) in [7, 11) is 0. The fourth-order valence-electron chi connectivity index (χ4n) is 1.47. The molecule has 1 aromatic carbocycles. The minimum atomic E-state index is -0.0323. The second kappa shape index (κ2) is 4.95. The van der Waals surface area contributed by atoms with Crippen molar-refractivity contribution in [3.05, 3.63) is 14.7 Å². The predicted octanol–water partition coefficient (Wildman–Crippen LogP) is 2.93. The number of rotatable bonds is 5. The van der Waals surface area contributed by atoms with Gasteiger partial charge in [0.15, 0.2) is 0 Å². The van der Waals surface area contributed by atoms with E-state index in [2.05, 4.69) is 31.4 Å². The van der Waals surface area contributed by atoms with Crippen LogP contribution in [0, 0.1) is 9.93 Å². The third-order valence-corrected chi connectivity index (χ3v) is 2.83. The van der Waals surface area contributed by atoms with E-state index in [-0.39, 0.29) is 5.43 Å². The third-order valence-electron chi connectivity index (χ3n) is 2.44. The fraction of sp³-hybridized carbons (Fsp3) is 0.667. The molecule has 1 aromatic rings. The van der Waals surface area contributed by atoms with Crippen LogP contribution in [0.4, 0.5) is 11.4 Å². The largest absolute Gasteiger partial charge is 0.382 e. The molecule has 16 heavy (non-hydrogen) atoms. The van der Waals surface area contributed by atoms with Crippen LogP contribution in [-0.2, 0) is 0 Å². The molecule has 4 heteroatoms. The normalized spacial score (nSPS) is 11.8. The van der Waals surface area contributed by atoms with Crippen molar-refractivity contribution in [2.24, 2.45) is 5.41 Å². The van der Waals surface area contributed by atoms with E-state index in [1.807, 2.05) is 6.92 Å². The standard InChI is InChI=1S/C12H20N2OS/c1-5-13-8-9(11(16)10(8)15)14-7-6-12(2,3)4/h13-14H,5-7H2,1-4H3. The highest BCUT2D eigenvalue weighted by Crippen LogP contribution is 2.24. The maximum absolute atomic E-state index is 11.4. The van der Waals surface area contributed by atoms with Gasteiger partial charge in [0.05, 0.1) is 5.69 Å². The summed E-state index contributed by atoms with van der Waals surface area (Å²) >= 11 is 5.02. The highest BCUT2D eigenvalue weighted by Gasteiger charge is 2.17. The molecule has 2 N–H and O–H groups in total. The van der Waals surface area contributed by atoms with E-state index in [1.165, 1.54) is 0 Å².